The lowest BCUT2D eigenvalue weighted by Gasteiger charge is -2.04. The van der Waals surface area contributed by atoms with Crippen molar-refractivity contribution in [2.24, 2.45) is 0 Å². The summed E-state index contributed by atoms with van der Waals surface area (Å²) in [6.45, 7) is 2.59. The van der Waals surface area contributed by atoms with E-state index in [0.29, 0.717) is 17.7 Å². The standard InChI is InChI=1S/C14H17BrO3/c1-2-3-4-5-10-18-14(17)12-8-6-11(7-9-12)13(15)16/h6-9H,2-5,10H2,1H3. The van der Waals surface area contributed by atoms with E-state index in [2.05, 4.69) is 22.9 Å². The zero-order valence-corrected chi connectivity index (χ0v) is 12.0. The monoisotopic (exact) mass is 312 g/mol. The molecule has 4 heteroatoms. The van der Waals surface area contributed by atoms with E-state index in [0.717, 1.165) is 19.3 Å². The summed E-state index contributed by atoms with van der Waals surface area (Å²) in [5.41, 5.74) is 0.998. The summed E-state index contributed by atoms with van der Waals surface area (Å²) in [5.74, 6) is -0.333. The Hall–Kier alpha value is -1.16. The van der Waals surface area contributed by atoms with Crippen LogP contribution in [-0.4, -0.2) is 17.3 Å². The Morgan fingerprint density at radius 1 is 1.06 bits per heavy atom. The van der Waals surface area contributed by atoms with Gasteiger partial charge in [0.15, 0.2) is 0 Å². The number of hydrogen-bond acceptors (Lipinski definition) is 3. The predicted octanol–water partition coefficient (Wildman–Crippen LogP) is 3.96. The van der Waals surface area contributed by atoms with E-state index in [1.165, 1.54) is 6.42 Å². The van der Waals surface area contributed by atoms with Crippen LogP contribution in [0.2, 0.25) is 0 Å². The molecule has 0 spiro atoms. The van der Waals surface area contributed by atoms with E-state index < -0.39 is 0 Å². The molecule has 18 heavy (non-hydrogen) atoms. The van der Waals surface area contributed by atoms with Crippen molar-refractivity contribution in [2.45, 2.75) is 32.6 Å². The van der Waals surface area contributed by atoms with E-state index in [4.69, 9.17) is 4.74 Å². The average Bonchev–Trinajstić information content (AvgIpc) is 2.38. The summed E-state index contributed by atoms with van der Waals surface area (Å²) < 4.78 is 4.95. The lowest BCUT2D eigenvalue weighted by molar-refractivity contribution is 0.0497. The molecule has 0 aliphatic heterocycles. The number of halogens is 1. The van der Waals surface area contributed by atoms with Crippen LogP contribution in [0.3, 0.4) is 0 Å². The molecule has 0 unspecified atom stereocenters. The van der Waals surface area contributed by atoms with E-state index in [1.807, 2.05) is 0 Å². The number of rotatable bonds is 7. The van der Waals surface area contributed by atoms with Gasteiger partial charge < -0.3 is 4.74 Å². The van der Waals surface area contributed by atoms with Crippen molar-refractivity contribution in [1.82, 2.24) is 0 Å². The molecule has 0 aliphatic carbocycles. The van der Waals surface area contributed by atoms with Crippen molar-refractivity contribution < 1.29 is 14.3 Å². The summed E-state index contributed by atoms with van der Waals surface area (Å²) in [6, 6.07) is 6.40. The van der Waals surface area contributed by atoms with Crippen molar-refractivity contribution in [2.75, 3.05) is 6.61 Å². The van der Waals surface area contributed by atoms with Crippen molar-refractivity contribution >= 4 is 26.6 Å². The van der Waals surface area contributed by atoms with Crippen LogP contribution >= 0.6 is 15.9 Å². The van der Waals surface area contributed by atoms with Crippen molar-refractivity contribution in [1.29, 1.82) is 0 Å². The van der Waals surface area contributed by atoms with Gasteiger partial charge in [0.1, 0.15) is 0 Å². The molecule has 0 aromatic heterocycles. The predicted molar refractivity (Wildman–Crippen MR) is 74.1 cm³/mol. The molecular weight excluding hydrogens is 296 g/mol. The zero-order chi connectivity index (χ0) is 13.4. The second-order valence-electron chi connectivity index (χ2n) is 4.05. The van der Waals surface area contributed by atoms with Gasteiger partial charge in [0.05, 0.1) is 12.2 Å². The lowest BCUT2D eigenvalue weighted by atomic mass is 10.1. The molecule has 1 rings (SSSR count). The quantitative estimate of drug-likeness (QED) is 0.435. The first kappa shape index (κ1) is 14.9. The molecule has 0 amide bonds. The highest BCUT2D eigenvalue weighted by atomic mass is 79.9. The van der Waals surface area contributed by atoms with Crippen LogP contribution in [0.5, 0.6) is 0 Å². The molecule has 3 nitrogen and oxygen atoms in total. The lowest BCUT2D eigenvalue weighted by Crippen LogP contribution is -2.06. The minimum Gasteiger partial charge on any atom is -0.462 e. The molecule has 0 bridgehead atoms. The van der Waals surface area contributed by atoms with Gasteiger partial charge >= 0.3 is 5.97 Å². The van der Waals surface area contributed by atoms with E-state index in [-0.39, 0.29) is 10.7 Å². The molecule has 98 valence electrons. The van der Waals surface area contributed by atoms with E-state index in [9.17, 15) is 9.59 Å². The van der Waals surface area contributed by atoms with Gasteiger partial charge in [-0.3, -0.25) is 4.79 Å². The molecule has 0 saturated heterocycles. The largest absolute Gasteiger partial charge is 0.462 e. The Bertz CT molecular complexity index is 398. The molecule has 0 N–H and O–H groups in total. The van der Waals surface area contributed by atoms with Crippen molar-refractivity contribution in [3.8, 4) is 0 Å². The molecule has 1 aromatic rings. The molecular formula is C14H17BrO3. The maximum Gasteiger partial charge on any atom is 0.338 e. The normalized spacial score (nSPS) is 10.1. The van der Waals surface area contributed by atoms with Gasteiger partial charge in [-0.15, -0.1) is 0 Å². The van der Waals surface area contributed by atoms with Crippen molar-refractivity contribution in [3.05, 3.63) is 35.4 Å². The number of carbonyl (C=O) groups is 2. The molecule has 0 aliphatic rings. The van der Waals surface area contributed by atoms with Gasteiger partial charge in [-0.2, -0.15) is 0 Å². The summed E-state index contributed by atoms with van der Waals surface area (Å²) in [5, 5.41) is 0. The topological polar surface area (TPSA) is 43.4 Å². The van der Waals surface area contributed by atoms with Crippen LogP contribution in [0.1, 0.15) is 53.3 Å². The molecule has 1 aromatic carbocycles. The van der Waals surface area contributed by atoms with E-state index in [1.54, 1.807) is 24.3 Å². The third kappa shape index (κ3) is 5.00. The first-order chi connectivity index (χ1) is 8.65. The van der Waals surface area contributed by atoms with Gasteiger partial charge in [0.25, 0.3) is 0 Å². The highest BCUT2D eigenvalue weighted by molar-refractivity contribution is 9.18. The summed E-state index contributed by atoms with van der Waals surface area (Å²) >= 11 is 2.85. The third-order valence-corrected chi connectivity index (χ3v) is 3.04. The number of carbonyl (C=O) groups excluding carboxylic acids is 2. The first-order valence-corrected chi connectivity index (χ1v) is 6.91. The van der Waals surface area contributed by atoms with Gasteiger partial charge in [-0.05, 0) is 46.6 Å². The Morgan fingerprint density at radius 3 is 2.22 bits per heavy atom. The summed E-state index contributed by atoms with van der Waals surface area (Å²) in [4.78, 5) is 22.6. The third-order valence-electron chi connectivity index (χ3n) is 2.58. The smallest absolute Gasteiger partial charge is 0.338 e. The fourth-order valence-corrected chi connectivity index (χ4v) is 1.78. The fraction of sp³-hybridized carbons (Fsp3) is 0.429. The summed E-state index contributed by atoms with van der Waals surface area (Å²) in [6.07, 6.45) is 4.31. The maximum atomic E-state index is 11.6. The zero-order valence-electron chi connectivity index (χ0n) is 10.4. The highest BCUT2D eigenvalue weighted by Crippen LogP contribution is 2.09. The van der Waals surface area contributed by atoms with Gasteiger partial charge in [0, 0.05) is 5.56 Å². The minimum absolute atomic E-state index is 0.193. The SMILES string of the molecule is CCCCCCOC(=O)c1ccc(C(=O)Br)cc1. The minimum atomic E-state index is -0.333. The number of benzene rings is 1. The van der Waals surface area contributed by atoms with Gasteiger partial charge in [-0.1, -0.05) is 26.2 Å². The van der Waals surface area contributed by atoms with Crippen LogP contribution in [-0.2, 0) is 4.74 Å². The second kappa shape index (κ2) is 8.03. The summed E-state index contributed by atoms with van der Waals surface area (Å²) in [7, 11) is 0. The molecule has 0 heterocycles. The Kier molecular flexibility index (Phi) is 6.65. The average molecular weight is 313 g/mol. The van der Waals surface area contributed by atoms with Gasteiger partial charge in [-0.25, -0.2) is 4.79 Å². The molecule has 0 saturated carbocycles. The first-order valence-electron chi connectivity index (χ1n) is 6.12. The fourth-order valence-electron chi connectivity index (χ4n) is 1.51. The second-order valence-corrected chi connectivity index (χ2v) is 4.77. The van der Waals surface area contributed by atoms with Crippen LogP contribution in [0.25, 0.3) is 0 Å². The number of unbranched alkanes of at least 4 members (excludes halogenated alkanes) is 3. The van der Waals surface area contributed by atoms with Crippen LogP contribution in [0, 0.1) is 0 Å². The van der Waals surface area contributed by atoms with Crippen LogP contribution < -0.4 is 0 Å². The Labute approximate surface area is 116 Å². The number of ether oxygens (including phenoxy) is 1. The molecule has 0 radical (unpaired) electrons. The molecule has 0 atom stereocenters. The van der Waals surface area contributed by atoms with Crippen molar-refractivity contribution in [3.63, 3.8) is 0 Å². The molecule has 0 fully saturated rings. The number of hydrogen-bond donors (Lipinski definition) is 0. The maximum absolute atomic E-state index is 11.6. The van der Waals surface area contributed by atoms with Crippen LogP contribution in [0.15, 0.2) is 24.3 Å². The number of esters is 1. The Morgan fingerprint density at radius 2 is 1.67 bits per heavy atom. The van der Waals surface area contributed by atoms with E-state index >= 15 is 0 Å². The Balaban J connectivity index is 2.39. The van der Waals surface area contributed by atoms with Gasteiger partial charge in [0.2, 0.25) is 4.69 Å². The highest BCUT2D eigenvalue weighted by Gasteiger charge is 2.08. The van der Waals surface area contributed by atoms with Crippen LogP contribution in [0.4, 0.5) is 0 Å².